The van der Waals surface area contributed by atoms with Crippen molar-refractivity contribution in [2.45, 2.75) is 10.6 Å². The molecule has 0 aliphatic heterocycles. The molecule has 0 atom stereocenters. The van der Waals surface area contributed by atoms with Crippen LogP contribution in [0.25, 0.3) is 0 Å². The molecule has 1 heterocycles. The number of aromatic nitrogens is 1. The van der Waals surface area contributed by atoms with Gasteiger partial charge in [0.15, 0.2) is 14.3 Å². The van der Waals surface area contributed by atoms with Crippen molar-refractivity contribution >= 4 is 44.4 Å². The van der Waals surface area contributed by atoms with Crippen LogP contribution in [0.1, 0.15) is 4.88 Å². The predicted molar refractivity (Wildman–Crippen MR) is 69.5 cm³/mol. The maximum Gasteiger partial charge on any atom is 0.183 e. The molecule has 1 aromatic carbocycles. The second kappa shape index (κ2) is 4.94. The minimum Gasteiger partial charge on any atom is -0.233 e. The van der Waals surface area contributed by atoms with Crippen LogP contribution in [0, 0.1) is 0 Å². The summed E-state index contributed by atoms with van der Waals surface area (Å²) in [7, 11) is -3.36. The highest BCUT2D eigenvalue weighted by atomic mass is 35.5. The van der Waals surface area contributed by atoms with E-state index in [4.69, 9.17) is 23.2 Å². The van der Waals surface area contributed by atoms with Gasteiger partial charge < -0.3 is 0 Å². The average molecular weight is 308 g/mol. The van der Waals surface area contributed by atoms with E-state index in [2.05, 4.69) is 4.98 Å². The van der Waals surface area contributed by atoms with Gasteiger partial charge in [-0.3, -0.25) is 0 Å². The third-order valence-corrected chi connectivity index (χ3v) is 5.26. The van der Waals surface area contributed by atoms with Crippen LogP contribution in [-0.4, -0.2) is 13.4 Å². The Morgan fingerprint density at radius 2 is 1.82 bits per heavy atom. The first-order chi connectivity index (χ1) is 7.97. The molecule has 0 amide bonds. The quantitative estimate of drug-likeness (QED) is 0.873. The molecule has 7 heteroatoms. The summed E-state index contributed by atoms with van der Waals surface area (Å²) in [6.07, 6.45) is 1.47. The van der Waals surface area contributed by atoms with Crippen LogP contribution >= 0.6 is 34.5 Å². The Kier molecular flexibility index (Phi) is 3.73. The number of sulfone groups is 1. The molecule has 2 rings (SSSR count). The Hall–Kier alpha value is -0.620. The van der Waals surface area contributed by atoms with Crippen LogP contribution in [0.5, 0.6) is 0 Å². The standard InChI is InChI=1S/C10H7Cl2NO2S2/c11-7-1-3-9(4-2-7)17(14,15)6-8-5-13-10(12)16-8/h1-5H,6H2. The van der Waals surface area contributed by atoms with Crippen LogP contribution in [0.15, 0.2) is 35.4 Å². The van der Waals surface area contributed by atoms with Gasteiger partial charge in [-0.2, -0.15) is 0 Å². The van der Waals surface area contributed by atoms with Gasteiger partial charge in [0.05, 0.1) is 10.6 Å². The van der Waals surface area contributed by atoms with E-state index in [-0.39, 0.29) is 10.6 Å². The summed E-state index contributed by atoms with van der Waals surface area (Å²) in [6.45, 7) is 0. The number of halogens is 2. The monoisotopic (exact) mass is 307 g/mol. The van der Waals surface area contributed by atoms with Gasteiger partial charge in [-0.25, -0.2) is 13.4 Å². The summed E-state index contributed by atoms with van der Waals surface area (Å²) < 4.78 is 24.4. The molecule has 2 aromatic rings. The lowest BCUT2D eigenvalue weighted by Gasteiger charge is -2.02. The van der Waals surface area contributed by atoms with Crippen molar-refractivity contribution in [2.24, 2.45) is 0 Å². The van der Waals surface area contributed by atoms with E-state index in [0.717, 1.165) is 11.3 Å². The second-order valence-corrected chi connectivity index (χ2v) is 7.42. The van der Waals surface area contributed by atoms with E-state index in [0.29, 0.717) is 14.4 Å². The third-order valence-electron chi connectivity index (χ3n) is 2.03. The number of nitrogens with zero attached hydrogens (tertiary/aromatic N) is 1. The molecule has 0 unspecified atom stereocenters. The minimum absolute atomic E-state index is 0.0982. The zero-order valence-electron chi connectivity index (χ0n) is 8.43. The maximum atomic E-state index is 12.0. The van der Waals surface area contributed by atoms with Gasteiger partial charge in [0.2, 0.25) is 0 Å². The minimum atomic E-state index is -3.36. The summed E-state index contributed by atoms with van der Waals surface area (Å²) in [5.41, 5.74) is 0. The van der Waals surface area contributed by atoms with Gasteiger partial charge in [-0.1, -0.05) is 23.2 Å². The average Bonchev–Trinajstić information content (AvgIpc) is 2.63. The Morgan fingerprint density at radius 1 is 1.18 bits per heavy atom. The number of benzene rings is 1. The van der Waals surface area contributed by atoms with Crippen molar-refractivity contribution in [2.75, 3.05) is 0 Å². The highest BCUT2D eigenvalue weighted by molar-refractivity contribution is 7.90. The topological polar surface area (TPSA) is 47.0 Å². The van der Waals surface area contributed by atoms with Crippen molar-refractivity contribution in [1.82, 2.24) is 4.98 Å². The highest BCUT2D eigenvalue weighted by Gasteiger charge is 2.16. The maximum absolute atomic E-state index is 12.0. The summed E-state index contributed by atoms with van der Waals surface area (Å²) in [5.74, 6) is -0.0982. The van der Waals surface area contributed by atoms with Gasteiger partial charge in [0, 0.05) is 16.1 Å². The van der Waals surface area contributed by atoms with Crippen LogP contribution in [0.2, 0.25) is 9.49 Å². The zero-order chi connectivity index (χ0) is 12.5. The second-order valence-electron chi connectivity index (χ2n) is 3.29. The molecule has 0 fully saturated rings. The Bertz CT molecular complexity index is 620. The molecule has 1 aromatic heterocycles. The summed E-state index contributed by atoms with van der Waals surface area (Å²) in [5, 5.41) is 0.504. The van der Waals surface area contributed by atoms with Crippen molar-refractivity contribution < 1.29 is 8.42 Å². The first kappa shape index (κ1) is 12.8. The normalized spacial score (nSPS) is 11.6. The SMILES string of the molecule is O=S(=O)(Cc1cnc(Cl)s1)c1ccc(Cl)cc1. The van der Waals surface area contributed by atoms with Crippen molar-refractivity contribution in [3.05, 3.63) is 44.8 Å². The molecule has 0 aliphatic carbocycles. The number of rotatable bonds is 3. The van der Waals surface area contributed by atoms with Crippen molar-refractivity contribution in [3.8, 4) is 0 Å². The summed E-state index contributed by atoms with van der Waals surface area (Å²) >= 11 is 12.5. The van der Waals surface area contributed by atoms with Gasteiger partial charge in [0.25, 0.3) is 0 Å². The molecule has 0 bridgehead atoms. The van der Waals surface area contributed by atoms with E-state index in [9.17, 15) is 8.42 Å². The van der Waals surface area contributed by atoms with Gasteiger partial charge >= 0.3 is 0 Å². The zero-order valence-corrected chi connectivity index (χ0v) is 11.6. The molecule has 0 aliphatic rings. The first-order valence-corrected chi connectivity index (χ1v) is 7.78. The Balaban J connectivity index is 2.28. The number of hydrogen-bond acceptors (Lipinski definition) is 4. The molecule has 0 radical (unpaired) electrons. The van der Waals surface area contributed by atoms with Gasteiger partial charge in [-0.05, 0) is 24.3 Å². The first-order valence-electron chi connectivity index (χ1n) is 4.56. The van der Waals surface area contributed by atoms with E-state index in [1.807, 2.05) is 0 Å². The molecular formula is C10H7Cl2NO2S2. The fraction of sp³-hybridized carbons (Fsp3) is 0.100. The van der Waals surface area contributed by atoms with Gasteiger partial charge in [-0.15, -0.1) is 11.3 Å². The number of thiazole rings is 1. The fourth-order valence-electron chi connectivity index (χ4n) is 1.26. The largest absolute Gasteiger partial charge is 0.233 e. The molecule has 0 saturated carbocycles. The van der Waals surface area contributed by atoms with Crippen molar-refractivity contribution in [3.63, 3.8) is 0 Å². The van der Waals surface area contributed by atoms with Gasteiger partial charge in [0.1, 0.15) is 0 Å². The Morgan fingerprint density at radius 3 is 2.35 bits per heavy atom. The van der Waals surface area contributed by atoms with Crippen LogP contribution in [0.3, 0.4) is 0 Å². The molecular weight excluding hydrogens is 301 g/mol. The van der Waals surface area contributed by atoms with E-state index >= 15 is 0 Å². The van der Waals surface area contributed by atoms with E-state index in [1.54, 1.807) is 12.1 Å². The molecule has 3 nitrogen and oxygen atoms in total. The predicted octanol–water partition coefficient (Wildman–Crippen LogP) is 3.42. The van der Waals surface area contributed by atoms with Crippen LogP contribution < -0.4 is 0 Å². The van der Waals surface area contributed by atoms with E-state index < -0.39 is 9.84 Å². The summed E-state index contributed by atoms with van der Waals surface area (Å²) in [4.78, 5) is 4.66. The van der Waals surface area contributed by atoms with Crippen molar-refractivity contribution in [1.29, 1.82) is 0 Å². The summed E-state index contributed by atoms with van der Waals surface area (Å²) in [6, 6.07) is 6.07. The van der Waals surface area contributed by atoms with Crippen LogP contribution in [0.4, 0.5) is 0 Å². The molecule has 90 valence electrons. The highest BCUT2D eigenvalue weighted by Crippen LogP contribution is 2.23. The Labute approximate surface area is 113 Å². The smallest absolute Gasteiger partial charge is 0.183 e. The number of hydrogen-bond donors (Lipinski definition) is 0. The molecule has 17 heavy (non-hydrogen) atoms. The molecule has 0 saturated heterocycles. The molecule has 0 N–H and O–H groups in total. The lowest BCUT2D eigenvalue weighted by atomic mass is 10.4. The molecule has 0 spiro atoms. The van der Waals surface area contributed by atoms with Crippen LogP contribution in [-0.2, 0) is 15.6 Å². The lowest BCUT2D eigenvalue weighted by Crippen LogP contribution is -2.03. The van der Waals surface area contributed by atoms with E-state index in [1.165, 1.54) is 18.3 Å². The lowest BCUT2D eigenvalue weighted by molar-refractivity contribution is 0.595. The fourth-order valence-corrected chi connectivity index (χ4v) is 4.03. The third kappa shape index (κ3) is 3.19.